The molecule has 1 fully saturated rings. The quantitative estimate of drug-likeness (QED) is 0.773. The van der Waals surface area contributed by atoms with Gasteiger partial charge in [-0.2, -0.15) is 16.1 Å². The van der Waals surface area contributed by atoms with Crippen molar-refractivity contribution in [2.24, 2.45) is 0 Å². The average Bonchev–Trinajstić information content (AvgIpc) is 2.65. The third kappa shape index (κ3) is 2.69. The lowest BCUT2D eigenvalue weighted by Crippen LogP contribution is -2.36. The molecule has 0 aromatic carbocycles. The van der Waals surface area contributed by atoms with E-state index in [2.05, 4.69) is 42.0 Å². The Balaban J connectivity index is 2.12. The van der Waals surface area contributed by atoms with Crippen LogP contribution in [0.4, 0.5) is 5.13 Å². The largest absolute Gasteiger partial charge is 0.345 e. The second-order valence-electron chi connectivity index (χ2n) is 5.28. The SMILES string of the molecule is CC1CN(c2nc(C(C)(C)C)ns2)CCS1. The first kappa shape index (κ1) is 12.2. The molecule has 1 saturated heterocycles. The van der Waals surface area contributed by atoms with Gasteiger partial charge in [0.1, 0.15) is 5.82 Å². The van der Waals surface area contributed by atoms with Gasteiger partial charge in [0.05, 0.1) is 0 Å². The summed E-state index contributed by atoms with van der Waals surface area (Å²) in [5.41, 5.74) is 0.0604. The highest BCUT2D eigenvalue weighted by atomic mass is 32.2. The zero-order valence-corrected chi connectivity index (χ0v) is 12.0. The van der Waals surface area contributed by atoms with Crippen molar-refractivity contribution in [3.8, 4) is 0 Å². The molecule has 0 radical (unpaired) electrons. The van der Waals surface area contributed by atoms with E-state index >= 15 is 0 Å². The van der Waals surface area contributed by atoms with Crippen LogP contribution in [0.5, 0.6) is 0 Å². The van der Waals surface area contributed by atoms with Gasteiger partial charge < -0.3 is 4.90 Å². The highest BCUT2D eigenvalue weighted by molar-refractivity contribution is 8.00. The first-order valence-electron chi connectivity index (χ1n) is 5.67. The molecule has 0 N–H and O–H groups in total. The summed E-state index contributed by atoms with van der Waals surface area (Å²) in [6.45, 7) is 11.0. The molecule has 0 saturated carbocycles. The van der Waals surface area contributed by atoms with Crippen molar-refractivity contribution >= 4 is 28.4 Å². The number of hydrogen-bond acceptors (Lipinski definition) is 5. The molecule has 16 heavy (non-hydrogen) atoms. The molecule has 2 heterocycles. The molecule has 5 heteroatoms. The second kappa shape index (κ2) is 4.53. The number of hydrogen-bond donors (Lipinski definition) is 0. The summed E-state index contributed by atoms with van der Waals surface area (Å²) < 4.78 is 4.47. The van der Waals surface area contributed by atoms with Crippen LogP contribution in [0.2, 0.25) is 0 Å². The first-order valence-corrected chi connectivity index (χ1v) is 7.50. The Morgan fingerprint density at radius 3 is 2.69 bits per heavy atom. The van der Waals surface area contributed by atoms with E-state index < -0.39 is 0 Å². The number of thioether (sulfide) groups is 1. The minimum Gasteiger partial charge on any atom is -0.345 e. The highest BCUT2D eigenvalue weighted by Gasteiger charge is 2.24. The molecule has 2 rings (SSSR count). The third-order valence-corrected chi connectivity index (χ3v) is 4.51. The fourth-order valence-electron chi connectivity index (χ4n) is 1.64. The van der Waals surface area contributed by atoms with Crippen LogP contribution >= 0.6 is 23.3 Å². The summed E-state index contributed by atoms with van der Waals surface area (Å²) >= 11 is 3.58. The smallest absolute Gasteiger partial charge is 0.205 e. The van der Waals surface area contributed by atoms with Crippen molar-refractivity contribution in [1.29, 1.82) is 0 Å². The molecule has 3 nitrogen and oxygen atoms in total. The van der Waals surface area contributed by atoms with Crippen LogP contribution in [0, 0.1) is 0 Å². The van der Waals surface area contributed by atoms with Gasteiger partial charge in [-0.05, 0) is 0 Å². The van der Waals surface area contributed by atoms with E-state index in [0.717, 1.165) is 24.0 Å². The predicted molar refractivity (Wildman–Crippen MR) is 72.7 cm³/mol. The van der Waals surface area contributed by atoms with E-state index in [9.17, 15) is 0 Å². The first-order chi connectivity index (χ1) is 7.47. The van der Waals surface area contributed by atoms with Gasteiger partial charge >= 0.3 is 0 Å². The molecule has 90 valence electrons. The van der Waals surface area contributed by atoms with E-state index in [1.165, 1.54) is 5.75 Å². The van der Waals surface area contributed by atoms with Crippen molar-refractivity contribution in [3.63, 3.8) is 0 Å². The van der Waals surface area contributed by atoms with Crippen LogP contribution < -0.4 is 4.90 Å². The Morgan fingerprint density at radius 1 is 1.38 bits per heavy atom. The maximum Gasteiger partial charge on any atom is 0.205 e. The molecule has 1 aliphatic heterocycles. The van der Waals surface area contributed by atoms with Crippen molar-refractivity contribution in [2.45, 2.75) is 38.4 Å². The Kier molecular flexibility index (Phi) is 3.45. The number of nitrogens with zero attached hydrogens (tertiary/aromatic N) is 3. The van der Waals surface area contributed by atoms with Crippen LogP contribution in [0.25, 0.3) is 0 Å². The average molecular weight is 257 g/mol. The fraction of sp³-hybridized carbons (Fsp3) is 0.818. The third-order valence-electron chi connectivity index (χ3n) is 2.60. The maximum atomic E-state index is 4.66. The lowest BCUT2D eigenvalue weighted by atomic mass is 9.96. The van der Waals surface area contributed by atoms with Crippen molar-refractivity contribution in [3.05, 3.63) is 5.82 Å². The monoisotopic (exact) mass is 257 g/mol. The van der Waals surface area contributed by atoms with Gasteiger partial charge in [0.25, 0.3) is 0 Å². The number of anilines is 1. The Bertz CT molecular complexity index is 356. The van der Waals surface area contributed by atoms with Crippen molar-refractivity contribution in [2.75, 3.05) is 23.7 Å². The van der Waals surface area contributed by atoms with Crippen molar-refractivity contribution < 1.29 is 0 Å². The molecule has 1 unspecified atom stereocenters. The van der Waals surface area contributed by atoms with Crippen LogP contribution in [0.3, 0.4) is 0 Å². The molecule has 1 aliphatic rings. The van der Waals surface area contributed by atoms with Crippen LogP contribution in [-0.4, -0.2) is 33.4 Å². The second-order valence-corrected chi connectivity index (χ2v) is 7.55. The Hall–Kier alpha value is -0.290. The fourth-order valence-corrected chi connectivity index (χ4v) is 3.55. The summed E-state index contributed by atoms with van der Waals surface area (Å²) in [6.07, 6.45) is 0. The maximum absolute atomic E-state index is 4.66. The molecule has 0 spiro atoms. The molecular formula is C11H19N3S2. The summed E-state index contributed by atoms with van der Waals surface area (Å²) in [4.78, 5) is 7.03. The topological polar surface area (TPSA) is 29.0 Å². The number of rotatable bonds is 1. The standard InChI is InChI=1S/C11H19N3S2/c1-8-7-14(5-6-15-8)10-12-9(13-16-10)11(2,3)4/h8H,5-7H2,1-4H3. The molecule has 0 bridgehead atoms. The van der Waals surface area contributed by atoms with E-state index in [4.69, 9.17) is 0 Å². The van der Waals surface area contributed by atoms with E-state index in [1.54, 1.807) is 11.5 Å². The molecule has 0 aliphatic carbocycles. The van der Waals surface area contributed by atoms with Gasteiger partial charge in [-0.3, -0.25) is 0 Å². The van der Waals surface area contributed by atoms with E-state index in [1.807, 2.05) is 11.8 Å². The van der Waals surface area contributed by atoms with Crippen LogP contribution in [0.15, 0.2) is 0 Å². The molecule has 0 amide bonds. The van der Waals surface area contributed by atoms with Gasteiger partial charge in [-0.25, -0.2) is 4.98 Å². The van der Waals surface area contributed by atoms with Gasteiger partial charge in [0, 0.05) is 41.0 Å². The van der Waals surface area contributed by atoms with Crippen molar-refractivity contribution in [1.82, 2.24) is 9.36 Å². The normalized spacial score (nSPS) is 22.5. The minimum atomic E-state index is 0.0604. The van der Waals surface area contributed by atoms with Crippen LogP contribution in [-0.2, 0) is 5.41 Å². The summed E-state index contributed by atoms with van der Waals surface area (Å²) in [6, 6.07) is 0. The summed E-state index contributed by atoms with van der Waals surface area (Å²) in [5, 5.41) is 1.80. The lowest BCUT2D eigenvalue weighted by molar-refractivity contribution is 0.554. The molecule has 1 aromatic rings. The zero-order valence-electron chi connectivity index (χ0n) is 10.4. The highest BCUT2D eigenvalue weighted by Crippen LogP contribution is 2.28. The van der Waals surface area contributed by atoms with Crippen LogP contribution in [0.1, 0.15) is 33.5 Å². The van der Waals surface area contributed by atoms with E-state index in [0.29, 0.717) is 5.25 Å². The van der Waals surface area contributed by atoms with Gasteiger partial charge in [-0.15, -0.1) is 0 Å². The lowest BCUT2D eigenvalue weighted by Gasteiger charge is -2.29. The Labute approximate surface area is 106 Å². The molecule has 1 atom stereocenters. The molecule has 1 aromatic heterocycles. The number of aromatic nitrogens is 2. The predicted octanol–water partition coefficient (Wildman–Crippen LogP) is 2.78. The van der Waals surface area contributed by atoms with Gasteiger partial charge in [-0.1, -0.05) is 27.7 Å². The summed E-state index contributed by atoms with van der Waals surface area (Å²) in [7, 11) is 0. The minimum absolute atomic E-state index is 0.0604. The van der Waals surface area contributed by atoms with Gasteiger partial charge in [0.15, 0.2) is 0 Å². The van der Waals surface area contributed by atoms with E-state index in [-0.39, 0.29) is 5.41 Å². The van der Waals surface area contributed by atoms with Gasteiger partial charge in [0.2, 0.25) is 5.13 Å². The zero-order chi connectivity index (χ0) is 11.8. The summed E-state index contributed by atoms with van der Waals surface area (Å²) in [5.74, 6) is 2.17. The molecular weight excluding hydrogens is 238 g/mol. The Morgan fingerprint density at radius 2 is 2.12 bits per heavy atom.